The van der Waals surface area contributed by atoms with Crippen LogP contribution < -0.4 is 5.73 Å². The number of allylic oxidation sites excluding steroid dienone is 4. The van der Waals surface area contributed by atoms with Crippen LogP contribution in [0, 0.1) is 5.92 Å². The van der Waals surface area contributed by atoms with E-state index in [1.807, 2.05) is 55.8 Å². The van der Waals surface area contributed by atoms with Crippen molar-refractivity contribution in [3.63, 3.8) is 0 Å². The van der Waals surface area contributed by atoms with Gasteiger partial charge < -0.3 is 10.8 Å². The number of nitrogens with two attached hydrogens (primary N) is 1. The molecule has 33 heavy (non-hydrogen) atoms. The van der Waals surface area contributed by atoms with Crippen LogP contribution in [0.15, 0.2) is 45.7 Å². The molecule has 1 aromatic heterocycles. The van der Waals surface area contributed by atoms with E-state index < -0.39 is 5.97 Å². The summed E-state index contributed by atoms with van der Waals surface area (Å²) < 4.78 is 1.81. The summed E-state index contributed by atoms with van der Waals surface area (Å²) in [5.41, 5.74) is 11.7. The predicted molar refractivity (Wildman–Crippen MR) is 134 cm³/mol. The highest BCUT2D eigenvalue weighted by Crippen LogP contribution is 2.37. The van der Waals surface area contributed by atoms with Crippen LogP contribution in [-0.4, -0.2) is 57.3 Å². The van der Waals surface area contributed by atoms with Crippen molar-refractivity contribution in [2.75, 3.05) is 19.6 Å². The van der Waals surface area contributed by atoms with Crippen LogP contribution in [0.3, 0.4) is 0 Å². The van der Waals surface area contributed by atoms with Gasteiger partial charge in [0, 0.05) is 42.8 Å². The van der Waals surface area contributed by atoms with E-state index in [-0.39, 0.29) is 18.6 Å². The lowest BCUT2D eigenvalue weighted by atomic mass is 9.90. The summed E-state index contributed by atoms with van der Waals surface area (Å²) in [6.07, 6.45) is 13.1. The smallest absolute Gasteiger partial charge is 0.317 e. The molecule has 0 radical (unpaired) electrons. The van der Waals surface area contributed by atoms with E-state index in [1.54, 1.807) is 0 Å². The van der Waals surface area contributed by atoms with Crippen molar-refractivity contribution in [3.05, 3.63) is 41.3 Å². The van der Waals surface area contributed by atoms with Crippen LogP contribution in [-0.2, 0) is 4.79 Å². The van der Waals surface area contributed by atoms with E-state index >= 15 is 0 Å². The normalized spacial score (nSPS) is 25.6. The van der Waals surface area contributed by atoms with Gasteiger partial charge in [-0.3, -0.25) is 14.7 Å². The number of piperidine rings is 1. The van der Waals surface area contributed by atoms with Crippen molar-refractivity contribution in [1.82, 2.24) is 14.7 Å². The number of aromatic nitrogens is 2. The van der Waals surface area contributed by atoms with Crippen LogP contribution in [0.25, 0.3) is 5.57 Å². The van der Waals surface area contributed by atoms with Crippen molar-refractivity contribution in [2.24, 2.45) is 21.6 Å². The van der Waals surface area contributed by atoms with Gasteiger partial charge in [-0.05, 0) is 50.5 Å². The Morgan fingerprint density at radius 3 is 2.79 bits per heavy atom. The van der Waals surface area contributed by atoms with E-state index in [9.17, 15) is 4.79 Å². The number of nitrogens with zero attached hydrogens (tertiary/aromatic N) is 5. The molecule has 0 bridgehead atoms. The maximum absolute atomic E-state index is 11.1. The summed E-state index contributed by atoms with van der Waals surface area (Å²) >= 11 is 0. The highest BCUT2D eigenvalue weighted by molar-refractivity contribution is 5.93. The number of fused-ring (bicyclic) bond motifs is 1. The molecule has 8 heteroatoms. The third-order valence-corrected chi connectivity index (χ3v) is 6.18. The summed E-state index contributed by atoms with van der Waals surface area (Å²) in [4.78, 5) is 22.8. The van der Waals surface area contributed by atoms with Crippen LogP contribution in [0.5, 0.6) is 0 Å². The highest BCUT2D eigenvalue weighted by Gasteiger charge is 2.31. The van der Waals surface area contributed by atoms with E-state index in [1.165, 1.54) is 0 Å². The fourth-order valence-electron chi connectivity index (χ4n) is 4.64. The van der Waals surface area contributed by atoms with E-state index in [0.717, 1.165) is 53.3 Å². The quantitative estimate of drug-likeness (QED) is 0.706. The third kappa shape index (κ3) is 5.57. The Hall–Kier alpha value is -2.84. The molecular weight excluding hydrogens is 416 g/mol. The lowest BCUT2D eigenvalue weighted by Crippen LogP contribution is -2.42. The van der Waals surface area contributed by atoms with E-state index in [0.29, 0.717) is 19.4 Å². The zero-order valence-electron chi connectivity index (χ0n) is 20.2. The fraction of sp³-hybridized carbons (Fsp3) is 0.520. The molecule has 178 valence electrons. The molecular formula is C25H36N6O2. The highest BCUT2D eigenvalue weighted by atomic mass is 16.4. The lowest BCUT2D eigenvalue weighted by Gasteiger charge is -2.34. The van der Waals surface area contributed by atoms with Crippen molar-refractivity contribution in [1.29, 1.82) is 0 Å². The second-order valence-corrected chi connectivity index (χ2v) is 8.27. The largest absolute Gasteiger partial charge is 0.480 e. The predicted octanol–water partition coefficient (Wildman–Crippen LogP) is 4.35. The minimum atomic E-state index is -0.787. The molecule has 0 aliphatic carbocycles. The number of carboxylic acids is 1. The number of hydrogen-bond acceptors (Lipinski definition) is 6. The zero-order chi connectivity index (χ0) is 24.0. The molecule has 0 amide bonds. The Morgan fingerprint density at radius 1 is 1.30 bits per heavy atom. The maximum Gasteiger partial charge on any atom is 0.317 e. The number of carbonyl (C=O) groups is 1. The van der Waals surface area contributed by atoms with E-state index in [4.69, 9.17) is 15.8 Å². The molecule has 4 rings (SSSR count). The molecule has 1 saturated heterocycles. The van der Waals surface area contributed by atoms with Crippen molar-refractivity contribution < 1.29 is 9.90 Å². The molecule has 8 nitrogen and oxygen atoms in total. The number of aliphatic carboxylic acids is 1. The summed E-state index contributed by atoms with van der Waals surface area (Å²) in [5.74, 6) is 0.231. The van der Waals surface area contributed by atoms with Gasteiger partial charge in [0.05, 0.1) is 18.4 Å². The van der Waals surface area contributed by atoms with Gasteiger partial charge in [-0.1, -0.05) is 26.0 Å². The van der Waals surface area contributed by atoms with Crippen molar-refractivity contribution in [2.45, 2.75) is 59.5 Å². The maximum atomic E-state index is 11.1. The van der Waals surface area contributed by atoms with Gasteiger partial charge in [-0.15, -0.1) is 0 Å². The third-order valence-electron chi connectivity index (χ3n) is 6.18. The number of hydrogen-bond donors (Lipinski definition) is 2. The van der Waals surface area contributed by atoms with Gasteiger partial charge in [-0.25, -0.2) is 9.67 Å². The SMILES string of the molecule is C/C=C1/C=C(c2cnn3c2N=C(C2CCCN(CC(=O)O)C2)CC3N)CC=N/C1=C/C.CC. The zero-order valence-corrected chi connectivity index (χ0v) is 20.2. The first-order chi connectivity index (χ1) is 16.0. The first-order valence-electron chi connectivity index (χ1n) is 11.9. The molecule has 3 aliphatic rings. The molecule has 4 heterocycles. The van der Waals surface area contributed by atoms with Crippen LogP contribution in [0.4, 0.5) is 5.82 Å². The van der Waals surface area contributed by atoms with Crippen LogP contribution in [0.1, 0.15) is 65.1 Å². The molecule has 3 N–H and O–H groups in total. The first kappa shape index (κ1) is 24.8. The number of rotatable bonds is 4. The van der Waals surface area contributed by atoms with Gasteiger partial charge in [0.25, 0.3) is 0 Å². The number of aliphatic imine (C=N–C) groups is 2. The topological polar surface area (TPSA) is 109 Å². The Bertz CT molecular complexity index is 1010. The Labute approximate surface area is 196 Å². The van der Waals surface area contributed by atoms with Gasteiger partial charge in [0.15, 0.2) is 5.82 Å². The summed E-state index contributed by atoms with van der Waals surface area (Å²) in [6.45, 7) is 9.61. The Balaban J connectivity index is 0.00000149. The van der Waals surface area contributed by atoms with Crippen LogP contribution >= 0.6 is 0 Å². The molecule has 2 atom stereocenters. The van der Waals surface area contributed by atoms with Gasteiger partial charge >= 0.3 is 5.97 Å². The molecule has 1 fully saturated rings. The lowest BCUT2D eigenvalue weighted by molar-refractivity contribution is -0.138. The number of likely N-dealkylation sites (tertiary alicyclic amines) is 1. The van der Waals surface area contributed by atoms with Crippen LogP contribution in [0.2, 0.25) is 0 Å². The average Bonchev–Trinajstić information content (AvgIpc) is 3.13. The van der Waals surface area contributed by atoms with E-state index in [2.05, 4.69) is 22.2 Å². The van der Waals surface area contributed by atoms with Gasteiger partial charge in [0.1, 0.15) is 6.17 Å². The summed E-state index contributed by atoms with van der Waals surface area (Å²) in [6, 6.07) is 0. The second-order valence-electron chi connectivity index (χ2n) is 8.27. The summed E-state index contributed by atoms with van der Waals surface area (Å²) in [7, 11) is 0. The van der Waals surface area contributed by atoms with Gasteiger partial charge in [-0.2, -0.15) is 5.10 Å². The average molecular weight is 453 g/mol. The number of carboxylic acid groups (broad SMARTS) is 1. The molecule has 0 saturated carbocycles. The summed E-state index contributed by atoms with van der Waals surface area (Å²) in [5, 5.41) is 13.7. The molecule has 2 unspecified atom stereocenters. The minimum absolute atomic E-state index is 0.0741. The minimum Gasteiger partial charge on any atom is -0.480 e. The van der Waals surface area contributed by atoms with Gasteiger partial charge in [0.2, 0.25) is 0 Å². The first-order valence-corrected chi connectivity index (χ1v) is 11.9. The Morgan fingerprint density at radius 2 is 2.09 bits per heavy atom. The molecule has 0 spiro atoms. The standard InChI is InChI=1S/C23H30N6O2.C2H6/c1-3-15-10-16(7-8-25-19(15)4-2)18-12-26-29-21(24)11-20(27-23(18)29)17-6-5-9-28(13-17)14-22(30)31;1-2/h3-4,8,10,12,17,21H,5-7,9,11,13-14,24H2,1-2H3,(H,30,31);1-2H3/b15-3-,19-4+;. The fourth-order valence-corrected chi connectivity index (χ4v) is 4.64. The van der Waals surface area contributed by atoms with Crippen molar-refractivity contribution in [3.8, 4) is 0 Å². The monoisotopic (exact) mass is 452 g/mol. The Kier molecular flexibility index (Phi) is 8.52. The van der Waals surface area contributed by atoms with Crippen molar-refractivity contribution >= 4 is 29.3 Å². The molecule has 3 aliphatic heterocycles. The molecule has 0 aromatic carbocycles. The molecule has 1 aromatic rings. The second kappa shape index (κ2) is 11.3.